The van der Waals surface area contributed by atoms with E-state index in [4.69, 9.17) is 4.74 Å². The molecule has 2 aromatic carbocycles. The van der Waals surface area contributed by atoms with E-state index in [2.05, 4.69) is 22.9 Å². The van der Waals surface area contributed by atoms with Crippen LogP contribution in [0.1, 0.15) is 50.7 Å². The van der Waals surface area contributed by atoms with Crippen LogP contribution in [0.15, 0.2) is 53.0 Å². The standard InChI is InChI=1S/C20H25BrO2/c1-3-4-8-13-20(2,22)17-11-12-19(18(21)14-17)23-15-16-9-6-5-7-10-16/h5-7,9-12,14,22H,3-4,8,13,15H2,1-2H3. The second kappa shape index (κ2) is 8.51. The van der Waals surface area contributed by atoms with Crippen molar-refractivity contribution in [2.75, 3.05) is 0 Å². The third-order valence-corrected chi connectivity index (χ3v) is 4.68. The van der Waals surface area contributed by atoms with Crippen molar-refractivity contribution in [3.05, 3.63) is 64.1 Å². The molecule has 0 radical (unpaired) electrons. The second-order valence-corrected chi connectivity index (χ2v) is 7.00. The van der Waals surface area contributed by atoms with Crippen LogP contribution in [-0.4, -0.2) is 5.11 Å². The highest BCUT2D eigenvalue weighted by atomic mass is 79.9. The third kappa shape index (κ3) is 5.36. The molecule has 0 spiro atoms. The molecule has 0 aromatic heterocycles. The van der Waals surface area contributed by atoms with Gasteiger partial charge in [0, 0.05) is 0 Å². The highest BCUT2D eigenvalue weighted by Crippen LogP contribution is 2.33. The lowest BCUT2D eigenvalue weighted by Crippen LogP contribution is -2.21. The van der Waals surface area contributed by atoms with Gasteiger partial charge in [0.05, 0.1) is 10.1 Å². The Labute approximate surface area is 147 Å². The summed E-state index contributed by atoms with van der Waals surface area (Å²) in [6, 6.07) is 15.9. The summed E-state index contributed by atoms with van der Waals surface area (Å²) < 4.78 is 6.74. The minimum atomic E-state index is -0.796. The van der Waals surface area contributed by atoms with Gasteiger partial charge in [-0.2, -0.15) is 0 Å². The minimum absolute atomic E-state index is 0.533. The second-order valence-electron chi connectivity index (χ2n) is 6.15. The summed E-state index contributed by atoms with van der Waals surface area (Å²) in [5, 5.41) is 10.7. The number of halogens is 1. The molecule has 1 unspecified atom stereocenters. The SMILES string of the molecule is CCCCCC(C)(O)c1ccc(OCc2ccccc2)c(Br)c1. The fourth-order valence-electron chi connectivity index (χ4n) is 2.55. The van der Waals surface area contributed by atoms with E-state index in [0.717, 1.165) is 47.0 Å². The Balaban J connectivity index is 2.02. The zero-order chi connectivity index (χ0) is 16.7. The van der Waals surface area contributed by atoms with E-state index in [9.17, 15) is 5.11 Å². The number of hydrogen-bond acceptors (Lipinski definition) is 2. The number of rotatable bonds is 8. The molecule has 2 rings (SSSR count). The molecule has 0 aliphatic rings. The van der Waals surface area contributed by atoms with Crippen molar-refractivity contribution >= 4 is 15.9 Å². The van der Waals surface area contributed by atoms with Crippen molar-refractivity contribution in [1.29, 1.82) is 0 Å². The average molecular weight is 377 g/mol. The van der Waals surface area contributed by atoms with Gasteiger partial charge >= 0.3 is 0 Å². The summed E-state index contributed by atoms with van der Waals surface area (Å²) in [6.07, 6.45) is 4.12. The van der Waals surface area contributed by atoms with E-state index in [1.165, 1.54) is 0 Å². The van der Waals surface area contributed by atoms with Crippen LogP contribution in [-0.2, 0) is 12.2 Å². The Morgan fingerprint density at radius 2 is 1.83 bits per heavy atom. The van der Waals surface area contributed by atoms with Gasteiger partial charge in [0.1, 0.15) is 12.4 Å². The van der Waals surface area contributed by atoms with E-state index in [-0.39, 0.29) is 0 Å². The first-order valence-electron chi connectivity index (χ1n) is 8.22. The Bertz CT molecular complexity index is 608. The molecule has 0 bridgehead atoms. The van der Waals surface area contributed by atoms with Gasteiger partial charge < -0.3 is 9.84 Å². The van der Waals surface area contributed by atoms with Crippen LogP contribution in [0, 0.1) is 0 Å². The lowest BCUT2D eigenvalue weighted by Gasteiger charge is -2.24. The highest BCUT2D eigenvalue weighted by Gasteiger charge is 2.23. The number of hydrogen-bond donors (Lipinski definition) is 1. The third-order valence-electron chi connectivity index (χ3n) is 4.06. The number of aliphatic hydroxyl groups is 1. The molecular weight excluding hydrogens is 352 g/mol. The monoisotopic (exact) mass is 376 g/mol. The Morgan fingerprint density at radius 3 is 2.48 bits per heavy atom. The lowest BCUT2D eigenvalue weighted by atomic mass is 9.90. The van der Waals surface area contributed by atoms with Crippen LogP contribution in [0.3, 0.4) is 0 Å². The van der Waals surface area contributed by atoms with E-state index >= 15 is 0 Å². The van der Waals surface area contributed by atoms with Crippen molar-refractivity contribution in [3.8, 4) is 5.75 Å². The average Bonchev–Trinajstić information content (AvgIpc) is 2.55. The summed E-state index contributed by atoms with van der Waals surface area (Å²) in [5.74, 6) is 0.793. The van der Waals surface area contributed by atoms with Crippen LogP contribution >= 0.6 is 15.9 Å². The van der Waals surface area contributed by atoms with Crippen LogP contribution in [0.5, 0.6) is 5.75 Å². The molecule has 3 heteroatoms. The molecule has 0 amide bonds. The number of unbranched alkanes of at least 4 members (excludes halogenated alkanes) is 2. The van der Waals surface area contributed by atoms with Crippen molar-refractivity contribution in [3.63, 3.8) is 0 Å². The molecular formula is C20H25BrO2. The van der Waals surface area contributed by atoms with Crippen LogP contribution in [0.4, 0.5) is 0 Å². The van der Waals surface area contributed by atoms with Gasteiger partial charge in [-0.1, -0.05) is 62.6 Å². The maximum atomic E-state index is 10.7. The first kappa shape index (κ1) is 18.0. The number of benzene rings is 2. The van der Waals surface area contributed by atoms with Crippen LogP contribution in [0.2, 0.25) is 0 Å². The van der Waals surface area contributed by atoms with Crippen molar-refractivity contribution in [2.45, 2.75) is 51.7 Å². The molecule has 0 fully saturated rings. The van der Waals surface area contributed by atoms with Crippen molar-refractivity contribution < 1.29 is 9.84 Å². The van der Waals surface area contributed by atoms with Crippen molar-refractivity contribution in [1.82, 2.24) is 0 Å². The quantitative estimate of drug-likeness (QED) is 0.588. The van der Waals surface area contributed by atoms with Gasteiger partial charge in [-0.15, -0.1) is 0 Å². The highest BCUT2D eigenvalue weighted by molar-refractivity contribution is 9.10. The first-order valence-corrected chi connectivity index (χ1v) is 9.01. The van der Waals surface area contributed by atoms with Gasteiger partial charge in [0.25, 0.3) is 0 Å². The predicted molar refractivity (Wildman–Crippen MR) is 98.6 cm³/mol. The minimum Gasteiger partial charge on any atom is -0.488 e. The Kier molecular flexibility index (Phi) is 6.67. The summed E-state index contributed by atoms with van der Waals surface area (Å²) in [7, 11) is 0. The zero-order valence-electron chi connectivity index (χ0n) is 13.9. The Morgan fingerprint density at radius 1 is 1.09 bits per heavy atom. The number of ether oxygens (including phenoxy) is 1. The largest absolute Gasteiger partial charge is 0.488 e. The molecule has 0 saturated carbocycles. The molecule has 1 atom stereocenters. The summed E-state index contributed by atoms with van der Waals surface area (Å²) >= 11 is 3.56. The summed E-state index contributed by atoms with van der Waals surface area (Å²) in [6.45, 7) is 4.59. The van der Waals surface area contributed by atoms with Gasteiger partial charge in [-0.05, 0) is 52.5 Å². The molecule has 23 heavy (non-hydrogen) atoms. The van der Waals surface area contributed by atoms with Crippen LogP contribution in [0.25, 0.3) is 0 Å². The molecule has 2 nitrogen and oxygen atoms in total. The molecule has 0 saturated heterocycles. The van der Waals surface area contributed by atoms with E-state index < -0.39 is 5.60 Å². The molecule has 1 N–H and O–H groups in total. The van der Waals surface area contributed by atoms with E-state index in [0.29, 0.717) is 6.61 Å². The normalized spacial score (nSPS) is 13.6. The summed E-state index contributed by atoms with van der Waals surface area (Å²) in [5.41, 5.74) is 1.26. The molecule has 0 heterocycles. The van der Waals surface area contributed by atoms with Gasteiger partial charge in [-0.3, -0.25) is 0 Å². The first-order chi connectivity index (χ1) is 11.0. The van der Waals surface area contributed by atoms with Gasteiger partial charge in [0.2, 0.25) is 0 Å². The molecule has 124 valence electrons. The van der Waals surface area contributed by atoms with Crippen LogP contribution < -0.4 is 4.74 Å². The lowest BCUT2D eigenvalue weighted by molar-refractivity contribution is 0.0448. The van der Waals surface area contributed by atoms with E-state index in [1.54, 1.807) is 0 Å². The molecule has 2 aromatic rings. The topological polar surface area (TPSA) is 29.5 Å². The van der Waals surface area contributed by atoms with Crippen molar-refractivity contribution in [2.24, 2.45) is 0 Å². The van der Waals surface area contributed by atoms with Gasteiger partial charge in [0.15, 0.2) is 0 Å². The Hall–Kier alpha value is -1.32. The molecule has 0 aliphatic carbocycles. The van der Waals surface area contributed by atoms with E-state index in [1.807, 2.05) is 55.5 Å². The zero-order valence-corrected chi connectivity index (χ0v) is 15.5. The van der Waals surface area contributed by atoms with Gasteiger partial charge in [-0.25, -0.2) is 0 Å². The predicted octanol–water partition coefficient (Wildman–Crippen LogP) is 5.82. The smallest absolute Gasteiger partial charge is 0.134 e. The summed E-state index contributed by atoms with van der Waals surface area (Å²) in [4.78, 5) is 0. The fraction of sp³-hybridized carbons (Fsp3) is 0.400. The molecule has 0 aliphatic heterocycles. The fourth-order valence-corrected chi connectivity index (χ4v) is 3.05. The maximum Gasteiger partial charge on any atom is 0.134 e. The maximum absolute atomic E-state index is 10.7.